The molecule has 0 fully saturated rings. The minimum atomic E-state index is 0.747. The van der Waals surface area contributed by atoms with E-state index in [-0.39, 0.29) is 0 Å². The number of hydrogen-bond donors (Lipinski definition) is 1. The number of benzene rings is 1. The summed E-state index contributed by atoms with van der Waals surface area (Å²) in [4.78, 5) is 0. The van der Waals surface area contributed by atoms with Gasteiger partial charge in [0.25, 0.3) is 0 Å². The summed E-state index contributed by atoms with van der Waals surface area (Å²) in [6.07, 6.45) is 5.49. The zero-order valence-electron chi connectivity index (χ0n) is 11.3. The molecule has 0 amide bonds. The monoisotopic (exact) mass is 246 g/mol. The van der Waals surface area contributed by atoms with Gasteiger partial charge < -0.3 is 15.0 Å². The molecular formula is C15H22N2O. The highest BCUT2D eigenvalue weighted by molar-refractivity contribution is 5.85. The van der Waals surface area contributed by atoms with Gasteiger partial charge in [0.1, 0.15) is 5.75 Å². The molecule has 0 saturated heterocycles. The third-order valence-corrected chi connectivity index (χ3v) is 3.29. The molecule has 0 bridgehead atoms. The van der Waals surface area contributed by atoms with Gasteiger partial charge in [0.05, 0.1) is 12.6 Å². The third-order valence-electron chi connectivity index (χ3n) is 3.29. The van der Waals surface area contributed by atoms with Crippen molar-refractivity contribution < 1.29 is 4.74 Å². The lowest BCUT2D eigenvalue weighted by molar-refractivity contribution is 0.415. The van der Waals surface area contributed by atoms with Gasteiger partial charge in [-0.3, -0.25) is 0 Å². The van der Waals surface area contributed by atoms with Gasteiger partial charge in [-0.1, -0.05) is 6.92 Å². The molecule has 2 rings (SSSR count). The van der Waals surface area contributed by atoms with Crippen LogP contribution in [0.5, 0.6) is 5.75 Å². The lowest BCUT2D eigenvalue weighted by Gasteiger charge is -2.04. The summed E-state index contributed by atoms with van der Waals surface area (Å²) in [6.45, 7) is 3.99. The number of aryl methyl sites for hydroxylation is 2. The molecule has 1 aromatic heterocycles. The van der Waals surface area contributed by atoms with E-state index in [1.165, 1.54) is 16.5 Å². The lowest BCUT2D eigenvalue weighted by atomic mass is 10.1. The van der Waals surface area contributed by atoms with Crippen molar-refractivity contribution in [2.45, 2.75) is 32.7 Å². The topological polar surface area (TPSA) is 40.2 Å². The quantitative estimate of drug-likeness (QED) is 0.851. The Morgan fingerprint density at radius 3 is 2.83 bits per heavy atom. The minimum Gasteiger partial charge on any atom is -0.497 e. The van der Waals surface area contributed by atoms with Crippen LogP contribution in [0.1, 0.15) is 25.3 Å². The number of fused-ring (bicyclic) bond motifs is 1. The molecule has 0 aliphatic carbocycles. The van der Waals surface area contributed by atoms with E-state index in [1.54, 1.807) is 7.11 Å². The molecule has 0 unspecified atom stereocenters. The van der Waals surface area contributed by atoms with E-state index in [9.17, 15) is 0 Å². The molecule has 0 atom stereocenters. The Morgan fingerprint density at radius 2 is 2.17 bits per heavy atom. The van der Waals surface area contributed by atoms with Gasteiger partial charge in [0.2, 0.25) is 0 Å². The number of nitrogens with two attached hydrogens (primary N) is 1. The first-order valence-corrected chi connectivity index (χ1v) is 6.66. The van der Waals surface area contributed by atoms with Crippen molar-refractivity contribution in [2.24, 2.45) is 5.73 Å². The maximum atomic E-state index is 5.60. The average molecular weight is 246 g/mol. The Hall–Kier alpha value is -1.48. The van der Waals surface area contributed by atoms with Crippen LogP contribution < -0.4 is 10.5 Å². The fourth-order valence-electron chi connectivity index (χ4n) is 2.39. The predicted octanol–water partition coefficient (Wildman–Crippen LogP) is 2.95. The van der Waals surface area contributed by atoms with Gasteiger partial charge in [-0.15, -0.1) is 0 Å². The summed E-state index contributed by atoms with van der Waals surface area (Å²) in [6, 6.07) is 6.31. The summed E-state index contributed by atoms with van der Waals surface area (Å²) >= 11 is 0. The van der Waals surface area contributed by atoms with Crippen LogP contribution in [0.15, 0.2) is 24.4 Å². The molecule has 0 spiro atoms. The van der Waals surface area contributed by atoms with Crippen molar-refractivity contribution >= 4 is 10.9 Å². The van der Waals surface area contributed by atoms with E-state index in [4.69, 9.17) is 10.5 Å². The van der Waals surface area contributed by atoms with Gasteiger partial charge in [-0.2, -0.15) is 0 Å². The Bertz CT molecular complexity index is 516. The first kappa shape index (κ1) is 13.0. The number of hydrogen-bond acceptors (Lipinski definition) is 2. The van der Waals surface area contributed by atoms with E-state index in [1.807, 2.05) is 6.07 Å². The normalized spacial score (nSPS) is 11.1. The number of methoxy groups -OCH3 is 1. The molecule has 0 saturated carbocycles. The summed E-state index contributed by atoms with van der Waals surface area (Å²) in [5.41, 5.74) is 8.27. The van der Waals surface area contributed by atoms with Crippen LogP contribution in [0.4, 0.5) is 0 Å². The fourth-order valence-corrected chi connectivity index (χ4v) is 2.39. The van der Waals surface area contributed by atoms with Gasteiger partial charge >= 0.3 is 0 Å². The van der Waals surface area contributed by atoms with E-state index in [2.05, 4.69) is 29.8 Å². The summed E-state index contributed by atoms with van der Waals surface area (Å²) in [5, 5.41) is 1.33. The summed E-state index contributed by atoms with van der Waals surface area (Å²) in [7, 11) is 1.71. The number of ether oxygens (including phenoxy) is 1. The molecule has 0 aliphatic heterocycles. The van der Waals surface area contributed by atoms with Crippen LogP contribution in [0.3, 0.4) is 0 Å². The van der Waals surface area contributed by atoms with E-state index in [0.29, 0.717) is 0 Å². The van der Waals surface area contributed by atoms with E-state index >= 15 is 0 Å². The second kappa shape index (κ2) is 5.91. The maximum absolute atomic E-state index is 5.60. The standard InChI is InChI=1S/C15H22N2O/c1-3-9-17-11-12(5-4-8-16)14-7-6-13(18-2)10-15(14)17/h6-7,10-11H,3-5,8-9,16H2,1-2H3. The van der Waals surface area contributed by atoms with Crippen molar-refractivity contribution in [2.75, 3.05) is 13.7 Å². The third kappa shape index (κ3) is 2.51. The van der Waals surface area contributed by atoms with Crippen LogP contribution in [-0.4, -0.2) is 18.2 Å². The molecule has 18 heavy (non-hydrogen) atoms. The molecule has 1 aromatic carbocycles. The Balaban J connectivity index is 2.45. The lowest BCUT2D eigenvalue weighted by Crippen LogP contribution is -2.00. The highest BCUT2D eigenvalue weighted by atomic mass is 16.5. The second-order valence-corrected chi connectivity index (χ2v) is 4.62. The smallest absolute Gasteiger partial charge is 0.120 e. The summed E-state index contributed by atoms with van der Waals surface area (Å²) in [5.74, 6) is 0.920. The number of aromatic nitrogens is 1. The van der Waals surface area contributed by atoms with Gasteiger partial charge in [-0.25, -0.2) is 0 Å². The fraction of sp³-hybridized carbons (Fsp3) is 0.467. The van der Waals surface area contributed by atoms with Crippen LogP contribution in [0.25, 0.3) is 10.9 Å². The van der Waals surface area contributed by atoms with Gasteiger partial charge in [0.15, 0.2) is 0 Å². The van der Waals surface area contributed by atoms with Crippen molar-refractivity contribution in [3.05, 3.63) is 30.0 Å². The second-order valence-electron chi connectivity index (χ2n) is 4.62. The molecule has 2 N–H and O–H groups in total. The molecule has 0 aliphatic rings. The van der Waals surface area contributed by atoms with Crippen molar-refractivity contribution in [1.82, 2.24) is 4.57 Å². The number of nitrogens with zero attached hydrogens (tertiary/aromatic N) is 1. The molecule has 0 radical (unpaired) electrons. The van der Waals surface area contributed by atoms with Crippen LogP contribution in [0.2, 0.25) is 0 Å². The van der Waals surface area contributed by atoms with E-state index in [0.717, 1.165) is 38.1 Å². The molecule has 98 valence electrons. The predicted molar refractivity (Wildman–Crippen MR) is 76.2 cm³/mol. The Morgan fingerprint density at radius 1 is 1.33 bits per heavy atom. The van der Waals surface area contributed by atoms with Crippen molar-refractivity contribution in [3.8, 4) is 5.75 Å². The Kier molecular flexibility index (Phi) is 4.26. The molecule has 3 nitrogen and oxygen atoms in total. The minimum absolute atomic E-state index is 0.747. The highest BCUT2D eigenvalue weighted by Gasteiger charge is 2.08. The van der Waals surface area contributed by atoms with Gasteiger partial charge in [0, 0.05) is 24.2 Å². The number of rotatable bonds is 6. The Labute approximate surface area is 109 Å². The van der Waals surface area contributed by atoms with Crippen LogP contribution >= 0.6 is 0 Å². The maximum Gasteiger partial charge on any atom is 0.120 e. The highest BCUT2D eigenvalue weighted by Crippen LogP contribution is 2.26. The zero-order valence-corrected chi connectivity index (χ0v) is 11.3. The SMILES string of the molecule is CCCn1cc(CCCN)c2ccc(OC)cc21. The van der Waals surface area contributed by atoms with Crippen LogP contribution in [0, 0.1) is 0 Å². The first-order chi connectivity index (χ1) is 8.80. The molecular weight excluding hydrogens is 224 g/mol. The first-order valence-electron chi connectivity index (χ1n) is 6.66. The largest absolute Gasteiger partial charge is 0.497 e. The van der Waals surface area contributed by atoms with Crippen molar-refractivity contribution in [1.29, 1.82) is 0 Å². The summed E-state index contributed by atoms with van der Waals surface area (Å²) < 4.78 is 7.64. The van der Waals surface area contributed by atoms with Crippen LogP contribution in [-0.2, 0) is 13.0 Å². The van der Waals surface area contributed by atoms with Crippen molar-refractivity contribution in [3.63, 3.8) is 0 Å². The van der Waals surface area contributed by atoms with E-state index < -0.39 is 0 Å². The molecule has 2 aromatic rings. The molecule has 3 heteroatoms. The molecule has 1 heterocycles. The average Bonchev–Trinajstić information content (AvgIpc) is 2.74. The zero-order chi connectivity index (χ0) is 13.0. The van der Waals surface area contributed by atoms with Gasteiger partial charge in [-0.05, 0) is 43.5 Å².